The second-order valence-corrected chi connectivity index (χ2v) is 6.59. The lowest BCUT2D eigenvalue weighted by molar-refractivity contribution is -0.0718. The predicted octanol–water partition coefficient (Wildman–Crippen LogP) is 3.88. The van der Waals surface area contributed by atoms with Crippen LogP contribution in [-0.4, -0.2) is 36.4 Å². The van der Waals surface area contributed by atoms with Gasteiger partial charge in [0.05, 0.1) is 13.2 Å². The van der Waals surface area contributed by atoms with Crippen LogP contribution < -0.4 is 4.74 Å². The van der Waals surface area contributed by atoms with Gasteiger partial charge in [-0.2, -0.15) is 0 Å². The summed E-state index contributed by atoms with van der Waals surface area (Å²) in [7, 11) is 1.63. The average molecular weight is 355 g/mol. The minimum Gasteiger partial charge on any atom is -0.497 e. The Bertz CT molecular complexity index is 731. The zero-order valence-electron chi connectivity index (χ0n) is 15.2. The number of nitrogens with zero attached hydrogens (tertiary/aromatic N) is 1. The number of benzene rings is 2. The molecule has 1 heterocycles. The third kappa shape index (κ3) is 3.53. The summed E-state index contributed by atoms with van der Waals surface area (Å²) in [5, 5.41) is 9.52. The molecule has 0 saturated carbocycles. The number of amides is 1. The molecule has 1 aliphatic heterocycles. The molecule has 0 aromatic heterocycles. The Morgan fingerprint density at radius 1 is 1.19 bits per heavy atom. The first kappa shape index (κ1) is 18.3. The van der Waals surface area contributed by atoms with E-state index < -0.39 is 5.60 Å². The van der Waals surface area contributed by atoms with Crippen molar-refractivity contribution in [2.45, 2.75) is 31.4 Å². The van der Waals surface area contributed by atoms with Crippen LogP contribution in [0.5, 0.6) is 5.75 Å². The summed E-state index contributed by atoms with van der Waals surface area (Å²) in [5.74, 6) is 0.785. The molecule has 1 fully saturated rings. The Kier molecular flexibility index (Phi) is 5.47. The van der Waals surface area contributed by atoms with Gasteiger partial charge in [0.1, 0.15) is 11.4 Å². The molecule has 1 aliphatic rings. The number of aliphatic hydroxyl groups is 1. The molecule has 1 amide bonds. The highest BCUT2D eigenvalue weighted by Crippen LogP contribution is 2.39. The van der Waals surface area contributed by atoms with Crippen LogP contribution in [0.3, 0.4) is 0 Å². The second-order valence-electron chi connectivity index (χ2n) is 6.59. The van der Waals surface area contributed by atoms with Gasteiger partial charge < -0.3 is 19.5 Å². The molecular formula is C21H25NO4. The minimum absolute atomic E-state index is 0.0315. The van der Waals surface area contributed by atoms with Gasteiger partial charge in [-0.15, -0.1) is 0 Å². The van der Waals surface area contributed by atoms with Gasteiger partial charge >= 0.3 is 6.09 Å². The van der Waals surface area contributed by atoms with E-state index in [1.807, 2.05) is 61.5 Å². The summed E-state index contributed by atoms with van der Waals surface area (Å²) < 4.78 is 11.1. The number of hydrogen-bond donors (Lipinski definition) is 1. The number of carbonyl (C=O) groups excluding carboxylic acids is 1. The highest BCUT2D eigenvalue weighted by Gasteiger charge is 2.43. The number of hydrogen-bond acceptors (Lipinski definition) is 4. The molecule has 0 spiro atoms. The molecular weight excluding hydrogens is 330 g/mol. The van der Waals surface area contributed by atoms with Gasteiger partial charge in [0.15, 0.2) is 0 Å². The first-order chi connectivity index (χ1) is 12.6. The van der Waals surface area contributed by atoms with Crippen LogP contribution in [0.15, 0.2) is 54.6 Å². The maximum absolute atomic E-state index is 12.8. The number of carbonyl (C=O) groups is 1. The summed E-state index contributed by atoms with van der Waals surface area (Å²) in [6, 6.07) is 17.3. The Morgan fingerprint density at radius 3 is 2.46 bits per heavy atom. The molecule has 0 unspecified atom stereocenters. The standard InChI is InChI=1S/C21H25NO4/c1-16(17-8-10-19(25-2)11-9-17)22-14-12-21(13-15-23,26-20(22)24)18-6-4-3-5-7-18/h3-11,16,23H,12-15H2,1-2H3/t16-,21+/m0/s1. The summed E-state index contributed by atoms with van der Waals surface area (Å²) in [4.78, 5) is 14.5. The maximum atomic E-state index is 12.8. The molecule has 2 aromatic rings. The largest absolute Gasteiger partial charge is 0.497 e. The van der Waals surface area contributed by atoms with Gasteiger partial charge in [-0.3, -0.25) is 0 Å². The Balaban J connectivity index is 1.79. The molecule has 2 aromatic carbocycles. The van der Waals surface area contributed by atoms with Crippen molar-refractivity contribution in [3.05, 3.63) is 65.7 Å². The first-order valence-electron chi connectivity index (χ1n) is 8.89. The van der Waals surface area contributed by atoms with E-state index >= 15 is 0 Å². The Labute approximate surface area is 154 Å². The molecule has 0 bridgehead atoms. The van der Waals surface area contributed by atoms with Crippen molar-refractivity contribution in [1.29, 1.82) is 0 Å². The zero-order valence-corrected chi connectivity index (χ0v) is 15.2. The van der Waals surface area contributed by atoms with Crippen molar-refractivity contribution >= 4 is 6.09 Å². The Hall–Kier alpha value is -2.53. The van der Waals surface area contributed by atoms with Gasteiger partial charge in [-0.1, -0.05) is 42.5 Å². The van der Waals surface area contributed by atoms with Crippen LogP contribution in [0.1, 0.15) is 36.9 Å². The first-order valence-corrected chi connectivity index (χ1v) is 8.89. The third-order valence-corrected chi connectivity index (χ3v) is 5.15. The number of rotatable bonds is 6. The average Bonchev–Trinajstić information content (AvgIpc) is 2.68. The van der Waals surface area contributed by atoms with Crippen molar-refractivity contribution in [3.63, 3.8) is 0 Å². The van der Waals surface area contributed by atoms with Gasteiger partial charge in [0, 0.05) is 26.0 Å². The number of methoxy groups -OCH3 is 1. The number of ether oxygens (including phenoxy) is 2. The fourth-order valence-electron chi connectivity index (χ4n) is 3.53. The Morgan fingerprint density at radius 2 is 1.88 bits per heavy atom. The lowest BCUT2D eigenvalue weighted by Crippen LogP contribution is -2.49. The molecule has 3 rings (SSSR count). The predicted molar refractivity (Wildman–Crippen MR) is 99.0 cm³/mol. The third-order valence-electron chi connectivity index (χ3n) is 5.15. The molecule has 138 valence electrons. The van der Waals surface area contributed by atoms with E-state index in [2.05, 4.69) is 0 Å². The molecule has 1 N–H and O–H groups in total. The summed E-state index contributed by atoms with van der Waals surface area (Å²) in [6.07, 6.45) is 0.689. The summed E-state index contributed by atoms with van der Waals surface area (Å²) >= 11 is 0. The SMILES string of the molecule is COc1ccc([C@H](C)N2CC[C@@](CCO)(c3ccccc3)OC2=O)cc1. The number of aliphatic hydroxyl groups excluding tert-OH is 1. The molecule has 1 saturated heterocycles. The van der Waals surface area contributed by atoms with Crippen LogP contribution in [0.25, 0.3) is 0 Å². The van der Waals surface area contributed by atoms with Gasteiger partial charge in [-0.25, -0.2) is 4.79 Å². The van der Waals surface area contributed by atoms with Crippen molar-refractivity contribution in [2.75, 3.05) is 20.3 Å². The minimum atomic E-state index is -0.761. The lowest BCUT2D eigenvalue weighted by Gasteiger charge is -2.43. The summed E-state index contributed by atoms with van der Waals surface area (Å²) in [5.41, 5.74) is 1.19. The molecule has 0 radical (unpaired) electrons. The zero-order chi connectivity index (χ0) is 18.6. The van der Waals surface area contributed by atoms with E-state index in [1.165, 1.54) is 0 Å². The van der Waals surface area contributed by atoms with E-state index in [1.54, 1.807) is 12.0 Å². The highest BCUT2D eigenvalue weighted by atomic mass is 16.6. The quantitative estimate of drug-likeness (QED) is 0.854. The van der Waals surface area contributed by atoms with Gasteiger partial charge in [0.2, 0.25) is 0 Å². The summed E-state index contributed by atoms with van der Waals surface area (Å²) in [6.45, 7) is 2.53. The fourth-order valence-corrected chi connectivity index (χ4v) is 3.53. The van der Waals surface area contributed by atoms with E-state index in [4.69, 9.17) is 9.47 Å². The molecule has 0 aliphatic carbocycles. The highest BCUT2D eigenvalue weighted by molar-refractivity contribution is 5.70. The normalized spacial score (nSPS) is 21.2. The van der Waals surface area contributed by atoms with Crippen molar-refractivity contribution in [2.24, 2.45) is 0 Å². The van der Waals surface area contributed by atoms with Crippen molar-refractivity contribution in [3.8, 4) is 5.75 Å². The smallest absolute Gasteiger partial charge is 0.411 e. The lowest BCUT2D eigenvalue weighted by atomic mass is 9.85. The van der Waals surface area contributed by atoms with E-state index in [0.29, 0.717) is 19.4 Å². The monoisotopic (exact) mass is 355 g/mol. The van der Waals surface area contributed by atoms with Crippen molar-refractivity contribution < 1.29 is 19.4 Å². The van der Waals surface area contributed by atoms with Gasteiger partial charge in [-0.05, 0) is 30.2 Å². The van der Waals surface area contributed by atoms with Gasteiger partial charge in [0.25, 0.3) is 0 Å². The van der Waals surface area contributed by atoms with Crippen LogP contribution in [0.2, 0.25) is 0 Å². The molecule has 5 nitrogen and oxygen atoms in total. The van der Waals surface area contributed by atoms with E-state index in [9.17, 15) is 9.90 Å². The molecule has 2 atom stereocenters. The van der Waals surface area contributed by atoms with E-state index in [0.717, 1.165) is 16.9 Å². The number of cyclic esters (lactones) is 1. The second kappa shape index (κ2) is 7.79. The van der Waals surface area contributed by atoms with Crippen LogP contribution in [0.4, 0.5) is 4.79 Å². The fraction of sp³-hybridized carbons (Fsp3) is 0.381. The molecule has 5 heteroatoms. The van der Waals surface area contributed by atoms with E-state index in [-0.39, 0.29) is 18.7 Å². The van der Waals surface area contributed by atoms with Crippen LogP contribution >= 0.6 is 0 Å². The molecule has 26 heavy (non-hydrogen) atoms. The van der Waals surface area contributed by atoms with Crippen LogP contribution in [-0.2, 0) is 10.3 Å². The van der Waals surface area contributed by atoms with Crippen LogP contribution in [0, 0.1) is 0 Å². The van der Waals surface area contributed by atoms with Crippen molar-refractivity contribution in [1.82, 2.24) is 4.90 Å². The topological polar surface area (TPSA) is 59.0 Å². The maximum Gasteiger partial charge on any atom is 0.411 e.